The van der Waals surface area contributed by atoms with Gasteiger partial charge in [-0.3, -0.25) is 4.72 Å². The molecule has 0 atom stereocenters. The van der Waals surface area contributed by atoms with Gasteiger partial charge in [-0.2, -0.15) is 0 Å². The molecule has 0 radical (unpaired) electrons. The van der Waals surface area contributed by atoms with Gasteiger partial charge in [0, 0.05) is 22.9 Å². The molecule has 0 unspecified atom stereocenters. The van der Waals surface area contributed by atoms with Gasteiger partial charge in [0.05, 0.1) is 9.92 Å². The number of benzene rings is 1. The second-order valence-corrected chi connectivity index (χ2v) is 6.89. The van der Waals surface area contributed by atoms with Crippen molar-refractivity contribution in [2.45, 2.75) is 11.4 Å². The van der Waals surface area contributed by atoms with E-state index in [1.165, 1.54) is 22.8 Å². The molecule has 9 heteroatoms. The lowest BCUT2D eigenvalue weighted by molar-refractivity contribution is 0.583. The lowest BCUT2D eigenvalue weighted by Crippen LogP contribution is -2.14. The summed E-state index contributed by atoms with van der Waals surface area (Å²) in [7, 11) is -4.00. The zero-order valence-electron chi connectivity index (χ0n) is 9.86. The fraction of sp³-hybridized carbons (Fsp3) is 0.0909. The molecule has 0 fully saturated rings. The SMILES string of the molecule is NCc1cc(S(=O)(=O)Nc2c(F)cc(F)cc2Cl)cs1. The van der Waals surface area contributed by atoms with Crippen molar-refractivity contribution in [2.24, 2.45) is 5.73 Å². The lowest BCUT2D eigenvalue weighted by Gasteiger charge is -2.09. The molecule has 2 aromatic rings. The summed E-state index contributed by atoms with van der Waals surface area (Å²) < 4.78 is 52.6. The van der Waals surface area contributed by atoms with Crippen LogP contribution in [0, 0.1) is 11.6 Å². The Morgan fingerprint density at radius 2 is 2.00 bits per heavy atom. The van der Waals surface area contributed by atoms with E-state index in [1.54, 1.807) is 0 Å². The molecule has 0 aliphatic heterocycles. The molecule has 3 N–H and O–H groups in total. The molecule has 20 heavy (non-hydrogen) atoms. The van der Waals surface area contributed by atoms with Crippen molar-refractivity contribution in [3.63, 3.8) is 0 Å². The molecule has 0 saturated carbocycles. The number of halogens is 3. The van der Waals surface area contributed by atoms with E-state index in [4.69, 9.17) is 17.3 Å². The van der Waals surface area contributed by atoms with E-state index in [1.807, 2.05) is 4.72 Å². The van der Waals surface area contributed by atoms with Crippen LogP contribution in [0.2, 0.25) is 5.02 Å². The maximum Gasteiger partial charge on any atom is 0.262 e. The smallest absolute Gasteiger partial charge is 0.262 e. The van der Waals surface area contributed by atoms with Gasteiger partial charge in [-0.25, -0.2) is 17.2 Å². The van der Waals surface area contributed by atoms with Crippen LogP contribution in [0.1, 0.15) is 4.88 Å². The zero-order valence-corrected chi connectivity index (χ0v) is 12.2. The minimum atomic E-state index is -4.00. The van der Waals surface area contributed by atoms with E-state index < -0.39 is 27.3 Å². The molecular formula is C11H9ClF2N2O2S2. The van der Waals surface area contributed by atoms with Crippen LogP contribution in [-0.2, 0) is 16.6 Å². The van der Waals surface area contributed by atoms with Gasteiger partial charge in [0.15, 0.2) is 5.82 Å². The fourth-order valence-electron chi connectivity index (χ4n) is 1.44. The van der Waals surface area contributed by atoms with Gasteiger partial charge in [-0.05, 0) is 12.1 Å². The van der Waals surface area contributed by atoms with E-state index in [9.17, 15) is 17.2 Å². The summed E-state index contributed by atoms with van der Waals surface area (Å²) in [5, 5.41) is 1.01. The number of nitrogens with two attached hydrogens (primary N) is 1. The minimum Gasteiger partial charge on any atom is -0.326 e. The van der Waals surface area contributed by atoms with Crippen LogP contribution in [-0.4, -0.2) is 8.42 Å². The van der Waals surface area contributed by atoms with Crippen LogP contribution in [0.15, 0.2) is 28.5 Å². The third-order valence-corrected chi connectivity index (χ3v) is 5.12. The molecule has 1 heterocycles. The van der Waals surface area contributed by atoms with Crippen LogP contribution in [0.3, 0.4) is 0 Å². The molecule has 0 aliphatic rings. The molecule has 1 aromatic heterocycles. The van der Waals surface area contributed by atoms with E-state index in [2.05, 4.69) is 0 Å². The highest BCUT2D eigenvalue weighted by Gasteiger charge is 2.20. The molecule has 0 spiro atoms. The number of thiophene rings is 1. The lowest BCUT2D eigenvalue weighted by atomic mass is 10.3. The van der Waals surface area contributed by atoms with Crippen molar-refractivity contribution in [1.29, 1.82) is 0 Å². The summed E-state index contributed by atoms with van der Waals surface area (Å²) in [5.74, 6) is -1.98. The van der Waals surface area contributed by atoms with Crippen LogP contribution in [0.5, 0.6) is 0 Å². The predicted octanol–water partition coefficient (Wildman–Crippen LogP) is 2.94. The normalized spacial score (nSPS) is 11.6. The molecule has 0 aliphatic carbocycles. The number of nitrogens with one attached hydrogen (secondary N) is 1. The largest absolute Gasteiger partial charge is 0.326 e. The number of anilines is 1. The van der Waals surface area contributed by atoms with Crippen molar-refractivity contribution < 1.29 is 17.2 Å². The molecule has 0 saturated heterocycles. The van der Waals surface area contributed by atoms with Gasteiger partial charge < -0.3 is 5.73 Å². The van der Waals surface area contributed by atoms with Gasteiger partial charge >= 0.3 is 0 Å². The van der Waals surface area contributed by atoms with E-state index in [-0.39, 0.29) is 16.5 Å². The van der Waals surface area contributed by atoms with Crippen molar-refractivity contribution in [2.75, 3.05) is 4.72 Å². The van der Waals surface area contributed by atoms with Gasteiger partial charge in [0.1, 0.15) is 11.5 Å². The maximum atomic E-state index is 13.6. The van der Waals surface area contributed by atoms with Crippen molar-refractivity contribution >= 4 is 38.6 Å². The fourth-order valence-corrected chi connectivity index (χ4v) is 3.98. The highest BCUT2D eigenvalue weighted by molar-refractivity contribution is 7.92. The van der Waals surface area contributed by atoms with E-state index >= 15 is 0 Å². The highest BCUT2D eigenvalue weighted by atomic mass is 35.5. The molecule has 2 rings (SSSR count). The highest BCUT2D eigenvalue weighted by Crippen LogP contribution is 2.29. The van der Waals surface area contributed by atoms with Gasteiger partial charge in [-0.1, -0.05) is 11.6 Å². The van der Waals surface area contributed by atoms with Crippen molar-refractivity contribution in [3.8, 4) is 0 Å². The molecule has 1 aromatic carbocycles. The number of hydrogen-bond donors (Lipinski definition) is 2. The Labute approximate surface area is 123 Å². The van der Waals surface area contributed by atoms with Crippen LogP contribution < -0.4 is 10.5 Å². The average molecular weight is 339 g/mol. The second-order valence-electron chi connectivity index (χ2n) is 3.80. The standard InChI is InChI=1S/C11H9ClF2N2O2S2/c12-9-1-6(13)2-10(14)11(9)16-20(17,18)8-3-7(4-15)19-5-8/h1-3,5,16H,4,15H2. The van der Waals surface area contributed by atoms with Gasteiger partial charge in [-0.15, -0.1) is 11.3 Å². The Balaban J connectivity index is 2.38. The number of sulfonamides is 1. The Hall–Kier alpha value is -1.22. The first-order valence-electron chi connectivity index (χ1n) is 5.28. The van der Waals surface area contributed by atoms with E-state index in [0.29, 0.717) is 10.9 Å². The average Bonchev–Trinajstić information content (AvgIpc) is 2.83. The Kier molecular flexibility index (Phi) is 4.28. The first-order chi connectivity index (χ1) is 9.33. The van der Waals surface area contributed by atoms with Crippen LogP contribution >= 0.6 is 22.9 Å². The topological polar surface area (TPSA) is 72.2 Å². The minimum absolute atomic E-state index is 0.0530. The maximum absolute atomic E-state index is 13.6. The molecule has 0 bridgehead atoms. The first kappa shape index (κ1) is 15.2. The summed E-state index contributed by atoms with van der Waals surface area (Å²) in [6.07, 6.45) is 0. The number of rotatable bonds is 4. The van der Waals surface area contributed by atoms with E-state index in [0.717, 1.165) is 6.07 Å². The quantitative estimate of drug-likeness (QED) is 0.900. The van der Waals surface area contributed by atoms with Gasteiger partial charge in [0.2, 0.25) is 0 Å². The summed E-state index contributed by atoms with van der Waals surface area (Å²) >= 11 is 6.80. The Morgan fingerprint density at radius 1 is 1.30 bits per heavy atom. The second kappa shape index (κ2) is 5.65. The third-order valence-electron chi connectivity index (χ3n) is 2.38. The van der Waals surface area contributed by atoms with Crippen molar-refractivity contribution in [1.82, 2.24) is 0 Å². The van der Waals surface area contributed by atoms with Crippen LogP contribution in [0.25, 0.3) is 0 Å². The molecule has 0 amide bonds. The summed E-state index contributed by atoms with van der Waals surface area (Å²) in [6, 6.07) is 2.74. The summed E-state index contributed by atoms with van der Waals surface area (Å²) in [4.78, 5) is 0.610. The Bertz CT molecular complexity index is 724. The molecule has 108 valence electrons. The van der Waals surface area contributed by atoms with Gasteiger partial charge in [0.25, 0.3) is 10.0 Å². The van der Waals surface area contributed by atoms with Crippen LogP contribution in [0.4, 0.5) is 14.5 Å². The number of hydrogen-bond acceptors (Lipinski definition) is 4. The molecular weight excluding hydrogens is 330 g/mol. The zero-order chi connectivity index (χ0) is 14.9. The summed E-state index contributed by atoms with van der Waals surface area (Å²) in [6.45, 7) is 0.200. The van der Waals surface area contributed by atoms with Crippen molar-refractivity contribution in [3.05, 3.63) is 45.1 Å². The molecule has 4 nitrogen and oxygen atoms in total. The predicted molar refractivity (Wildman–Crippen MR) is 74.4 cm³/mol. The Morgan fingerprint density at radius 3 is 2.55 bits per heavy atom. The first-order valence-corrected chi connectivity index (χ1v) is 8.02. The third kappa shape index (κ3) is 3.09. The summed E-state index contributed by atoms with van der Waals surface area (Å²) in [5.41, 5.74) is 4.90. The monoisotopic (exact) mass is 338 g/mol.